The summed E-state index contributed by atoms with van der Waals surface area (Å²) in [6, 6.07) is 54.0. The summed E-state index contributed by atoms with van der Waals surface area (Å²) in [5.41, 5.74) is 10.2. The molecule has 5 nitrogen and oxygen atoms in total. The van der Waals surface area contributed by atoms with E-state index in [2.05, 4.69) is 81.9 Å². The standard InChI is InChI=1S/C44H24N4O/c45-25-27-22-29(31-15-9-10-28(26-46)44(31)48-36-16-5-1-11-32(36)33-12-2-6-17-37(33)48)24-30(23-27)47-38-18-7-3-13-34(38)42-39(47)20-21-41-43(42)35-14-4-8-19-40(35)49-41/h1-24H. The smallest absolute Gasteiger partial charge is 0.136 e. The molecule has 49 heavy (non-hydrogen) atoms. The molecular formula is C44H24N4O. The van der Waals surface area contributed by atoms with E-state index in [1.165, 1.54) is 0 Å². The Balaban J connectivity index is 1.30. The highest BCUT2D eigenvalue weighted by Gasteiger charge is 2.22. The van der Waals surface area contributed by atoms with Crippen LogP contribution < -0.4 is 0 Å². The van der Waals surface area contributed by atoms with E-state index in [1.807, 2.05) is 84.9 Å². The molecule has 10 aromatic rings. The van der Waals surface area contributed by atoms with Crippen molar-refractivity contribution in [1.82, 2.24) is 9.13 Å². The Labute approximate surface area is 280 Å². The van der Waals surface area contributed by atoms with E-state index in [1.54, 1.807) is 0 Å². The number of para-hydroxylation sites is 5. The predicted molar refractivity (Wildman–Crippen MR) is 197 cm³/mol. The van der Waals surface area contributed by atoms with Crippen LogP contribution in [0.3, 0.4) is 0 Å². The maximum Gasteiger partial charge on any atom is 0.136 e. The molecule has 3 aromatic heterocycles. The molecule has 0 spiro atoms. The Bertz CT molecular complexity index is 3030. The van der Waals surface area contributed by atoms with Crippen molar-refractivity contribution in [2.75, 3.05) is 0 Å². The first-order valence-electron chi connectivity index (χ1n) is 16.1. The van der Waals surface area contributed by atoms with Crippen LogP contribution in [0.25, 0.3) is 88.1 Å². The van der Waals surface area contributed by atoms with Gasteiger partial charge in [-0.2, -0.15) is 10.5 Å². The van der Waals surface area contributed by atoms with Gasteiger partial charge in [0.05, 0.1) is 45.0 Å². The maximum absolute atomic E-state index is 10.5. The van der Waals surface area contributed by atoms with Gasteiger partial charge in [0.2, 0.25) is 0 Å². The number of benzene rings is 7. The minimum absolute atomic E-state index is 0.531. The fourth-order valence-corrected chi connectivity index (χ4v) is 7.78. The van der Waals surface area contributed by atoms with Crippen molar-refractivity contribution in [3.05, 3.63) is 157 Å². The van der Waals surface area contributed by atoms with E-state index in [-0.39, 0.29) is 0 Å². The van der Waals surface area contributed by atoms with Gasteiger partial charge >= 0.3 is 0 Å². The van der Waals surface area contributed by atoms with Crippen molar-refractivity contribution >= 4 is 65.6 Å². The van der Waals surface area contributed by atoms with Crippen LogP contribution in [0.2, 0.25) is 0 Å². The third-order valence-electron chi connectivity index (χ3n) is 9.75. The second kappa shape index (κ2) is 10.2. The van der Waals surface area contributed by atoms with Gasteiger partial charge in [-0.05, 0) is 66.2 Å². The van der Waals surface area contributed by atoms with E-state index in [0.717, 1.165) is 88.1 Å². The number of furan rings is 1. The van der Waals surface area contributed by atoms with Gasteiger partial charge in [-0.3, -0.25) is 0 Å². The molecule has 0 bridgehead atoms. The zero-order valence-electron chi connectivity index (χ0n) is 26.1. The molecule has 0 aliphatic carbocycles. The number of nitriles is 2. The van der Waals surface area contributed by atoms with Gasteiger partial charge in [0, 0.05) is 43.6 Å². The fourth-order valence-electron chi connectivity index (χ4n) is 7.78. The van der Waals surface area contributed by atoms with Crippen molar-refractivity contribution in [2.24, 2.45) is 0 Å². The summed E-state index contributed by atoms with van der Waals surface area (Å²) in [7, 11) is 0. The van der Waals surface area contributed by atoms with E-state index in [9.17, 15) is 10.5 Å². The number of aromatic nitrogens is 2. The van der Waals surface area contributed by atoms with Crippen LogP contribution in [0.15, 0.2) is 150 Å². The summed E-state index contributed by atoms with van der Waals surface area (Å²) in [4.78, 5) is 0. The molecular weight excluding hydrogens is 601 g/mol. The normalized spacial score (nSPS) is 11.6. The molecule has 0 N–H and O–H groups in total. The lowest BCUT2D eigenvalue weighted by Crippen LogP contribution is -2.02. The van der Waals surface area contributed by atoms with Gasteiger partial charge in [-0.1, -0.05) is 84.9 Å². The maximum atomic E-state index is 10.5. The Morgan fingerprint density at radius 1 is 0.469 bits per heavy atom. The summed E-state index contributed by atoms with van der Waals surface area (Å²) in [5.74, 6) is 0. The average Bonchev–Trinajstić information content (AvgIpc) is 3.82. The van der Waals surface area contributed by atoms with Crippen LogP contribution >= 0.6 is 0 Å². The molecule has 0 amide bonds. The lowest BCUT2D eigenvalue weighted by atomic mass is 9.97. The van der Waals surface area contributed by atoms with Crippen molar-refractivity contribution in [1.29, 1.82) is 10.5 Å². The summed E-state index contributed by atoms with van der Waals surface area (Å²) in [6.45, 7) is 0. The zero-order chi connectivity index (χ0) is 32.6. The fraction of sp³-hybridized carbons (Fsp3) is 0. The molecule has 0 unspecified atom stereocenters. The number of nitrogens with zero attached hydrogens (tertiary/aromatic N) is 4. The predicted octanol–water partition coefficient (Wildman–Crippen LogP) is 11.2. The third-order valence-corrected chi connectivity index (χ3v) is 9.75. The van der Waals surface area contributed by atoms with Gasteiger partial charge < -0.3 is 13.6 Å². The molecule has 0 saturated carbocycles. The second-order valence-electron chi connectivity index (χ2n) is 12.3. The number of fused-ring (bicyclic) bond motifs is 10. The first-order valence-corrected chi connectivity index (χ1v) is 16.1. The Morgan fingerprint density at radius 3 is 1.84 bits per heavy atom. The molecule has 10 rings (SSSR count). The number of rotatable bonds is 3. The number of hydrogen-bond acceptors (Lipinski definition) is 3. The Morgan fingerprint density at radius 2 is 1.12 bits per heavy atom. The van der Waals surface area contributed by atoms with Gasteiger partial charge in [-0.25, -0.2) is 0 Å². The largest absolute Gasteiger partial charge is 0.456 e. The average molecular weight is 625 g/mol. The van der Waals surface area contributed by atoms with Crippen LogP contribution in [0.4, 0.5) is 0 Å². The molecule has 226 valence electrons. The van der Waals surface area contributed by atoms with Crippen LogP contribution in [-0.2, 0) is 0 Å². The van der Waals surface area contributed by atoms with Crippen LogP contribution in [0.1, 0.15) is 11.1 Å². The van der Waals surface area contributed by atoms with E-state index >= 15 is 0 Å². The van der Waals surface area contributed by atoms with Gasteiger partial charge in [0.15, 0.2) is 0 Å². The first-order chi connectivity index (χ1) is 24.2. The minimum Gasteiger partial charge on any atom is -0.456 e. The Kier molecular flexibility index (Phi) is 5.64. The summed E-state index contributed by atoms with van der Waals surface area (Å²) in [5, 5.41) is 27.5. The van der Waals surface area contributed by atoms with Crippen molar-refractivity contribution in [3.63, 3.8) is 0 Å². The number of hydrogen-bond donors (Lipinski definition) is 0. The van der Waals surface area contributed by atoms with Crippen molar-refractivity contribution in [2.45, 2.75) is 0 Å². The minimum atomic E-state index is 0.531. The molecule has 0 radical (unpaired) electrons. The van der Waals surface area contributed by atoms with Crippen molar-refractivity contribution in [3.8, 4) is 34.6 Å². The molecule has 0 aliphatic heterocycles. The highest BCUT2D eigenvalue weighted by atomic mass is 16.3. The van der Waals surface area contributed by atoms with Crippen LogP contribution in [0, 0.1) is 22.7 Å². The summed E-state index contributed by atoms with van der Waals surface area (Å²) >= 11 is 0. The second-order valence-corrected chi connectivity index (χ2v) is 12.3. The zero-order valence-corrected chi connectivity index (χ0v) is 26.1. The van der Waals surface area contributed by atoms with Crippen LogP contribution in [0.5, 0.6) is 0 Å². The molecule has 0 saturated heterocycles. The van der Waals surface area contributed by atoms with Crippen molar-refractivity contribution < 1.29 is 4.42 Å². The van der Waals surface area contributed by atoms with E-state index in [0.29, 0.717) is 11.1 Å². The molecule has 5 heteroatoms. The molecule has 7 aromatic carbocycles. The van der Waals surface area contributed by atoms with E-state index in [4.69, 9.17) is 4.42 Å². The van der Waals surface area contributed by atoms with Gasteiger partial charge in [0.1, 0.15) is 17.2 Å². The molecule has 0 atom stereocenters. The Hall–Kier alpha value is -7.08. The highest BCUT2D eigenvalue weighted by Crippen LogP contribution is 2.43. The topological polar surface area (TPSA) is 70.6 Å². The first kappa shape index (κ1) is 27.1. The lowest BCUT2D eigenvalue weighted by Gasteiger charge is -2.17. The quantitative estimate of drug-likeness (QED) is 0.196. The molecule has 0 aliphatic rings. The van der Waals surface area contributed by atoms with Gasteiger partial charge in [-0.15, -0.1) is 0 Å². The summed E-state index contributed by atoms with van der Waals surface area (Å²) < 4.78 is 10.7. The van der Waals surface area contributed by atoms with E-state index < -0.39 is 0 Å². The van der Waals surface area contributed by atoms with Gasteiger partial charge in [0.25, 0.3) is 0 Å². The molecule has 0 fully saturated rings. The molecule has 3 heterocycles. The SMILES string of the molecule is N#Cc1cc(-c2cccc(C#N)c2-n2c3ccccc3c3ccccc32)cc(-n2c3ccccc3c3c4c(ccc32)oc2ccccc24)c1. The summed E-state index contributed by atoms with van der Waals surface area (Å²) in [6.07, 6.45) is 0. The third kappa shape index (κ3) is 3.79. The van der Waals surface area contributed by atoms with Crippen LogP contribution in [-0.4, -0.2) is 9.13 Å². The highest BCUT2D eigenvalue weighted by molar-refractivity contribution is 6.27. The lowest BCUT2D eigenvalue weighted by molar-refractivity contribution is 0.669. The monoisotopic (exact) mass is 624 g/mol.